The van der Waals surface area contributed by atoms with Gasteiger partial charge in [-0.3, -0.25) is 4.90 Å². The molecule has 0 unspecified atom stereocenters. The van der Waals surface area contributed by atoms with Gasteiger partial charge in [0.2, 0.25) is 0 Å². The van der Waals surface area contributed by atoms with E-state index in [9.17, 15) is 18.3 Å². The highest BCUT2D eigenvalue weighted by Gasteiger charge is 2.36. The van der Waals surface area contributed by atoms with Gasteiger partial charge < -0.3 is 19.9 Å². The predicted molar refractivity (Wildman–Crippen MR) is 100 cm³/mol. The van der Waals surface area contributed by atoms with Crippen molar-refractivity contribution >= 4 is 24.8 Å². The Morgan fingerprint density at radius 3 is 2.37 bits per heavy atom. The highest BCUT2D eigenvalue weighted by Crippen LogP contribution is 2.43. The summed E-state index contributed by atoms with van der Waals surface area (Å²) in [6.45, 7) is 4.47. The number of ether oxygens (including phenoxy) is 2. The number of piperazine rings is 1. The number of para-hydroxylation sites is 1. The molecule has 2 fully saturated rings. The van der Waals surface area contributed by atoms with Crippen molar-refractivity contribution in [2.45, 2.75) is 25.2 Å². The van der Waals surface area contributed by atoms with E-state index in [-0.39, 0.29) is 36.8 Å². The van der Waals surface area contributed by atoms with Gasteiger partial charge in [0, 0.05) is 51.0 Å². The molecule has 0 spiro atoms. The van der Waals surface area contributed by atoms with Crippen LogP contribution in [0.2, 0.25) is 0 Å². The van der Waals surface area contributed by atoms with E-state index in [1.54, 1.807) is 6.07 Å². The van der Waals surface area contributed by atoms with E-state index in [0.717, 1.165) is 45.1 Å². The van der Waals surface area contributed by atoms with Crippen molar-refractivity contribution in [3.8, 4) is 11.5 Å². The fourth-order valence-corrected chi connectivity index (χ4v) is 3.73. The van der Waals surface area contributed by atoms with E-state index in [2.05, 4.69) is 15.0 Å². The van der Waals surface area contributed by atoms with Gasteiger partial charge in [-0.15, -0.1) is 38.0 Å². The molecule has 0 bridgehead atoms. The van der Waals surface area contributed by atoms with Gasteiger partial charge >= 0.3 is 6.36 Å². The van der Waals surface area contributed by atoms with Crippen molar-refractivity contribution in [1.29, 1.82) is 0 Å². The number of benzene rings is 1. The summed E-state index contributed by atoms with van der Waals surface area (Å²) >= 11 is 0. The summed E-state index contributed by atoms with van der Waals surface area (Å²) in [6, 6.07) is 4.19. The number of nitrogens with zero attached hydrogens (tertiary/aromatic N) is 1. The molecule has 0 aliphatic carbocycles. The zero-order chi connectivity index (χ0) is 17.9. The van der Waals surface area contributed by atoms with Crippen molar-refractivity contribution in [2.24, 2.45) is 5.92 Å². The van der Waals surface area contributed by atoms with Crippen LogP contribution in [0.1, 0.15) is 24.4 Å². The lowest BCUT2D eigenvalue weighted by Crippen LogP contribution is -2.47. The summed E-state index contributed by atoms with van der Waals surface area (Å²) < 4.78 is 47.2. The first-order valence-electron chi connectivity index (χ1n) is 8.56. The Kier molecular flexibility index (Phi) is 9.44. The third kappa shape index (κ3) is 6.29. The number of hydrogen-bond donors (Lipinski definition) is 2. The van der Waals surface area contributed by atoms with E-state index in [4.69, 9.17) is 4.74 Å². The number of alkyl halides is 3. The SMILES string of the molecule is Cl.Cl.Oc1c(OC(F)(F)F)cccc1[C@@H](C1CCOCC1)N1CCNCC1. The topological polar surface area (TPSA) is 54.0 Å². The monoisotopic (exact) mass is 432 g/mol. The molecule has 2 heterocycles. The Labute approximate surface area is 169 Å². The second kappa shape index (κ2) is 10.6. The largest absolute Gasteiger partial charge is 0.573 e. The normalized spacial score (nSPS) is 20.3. The molecule has 1 aromatic rings. The number of halogens is 5. The van der Waals surface area contributed by atoms with Gasteiger partial charge in [-0.1, -0.05) is 12.1 Å². The first-order chi connectivity index (χ1) is 12.0. The zero-order valence-corrected chi connectivity index (χ0v) is 16.3. The highest BCUT2D eigenvalue weighted by molar-refractivity contribution is 5.85. The molecule has 0 radical (unpaired) electrons. The van der Waals surface area contributed by atoms with Crippen LogP contribution in [-0.4, -0.2) is 55.8 Å². The Bertz CT molecular complexity index is 563. The van der Waals surface area contributed by atoms with Crippen LogP contribution in [0.5, 0.6) is 11.5 Å². The van der Waals surface area contributed by atoms with Gasteiger partial charge in [0.05, 0.1) is 0 Å². The van der Waals surface area contributed by atoms with Gasteiger partial charge in [-0.05, 0) is 24.8 Å². The minimum absolute atomic E-state index is 0. The minimum Gasteiger partial charge on any atom is -0.504 e. The fraction of sp³-hybridized carbons (Fsp3) is 0.647. The van der Waals surface area contributed by atoms with Crippen molar-refractivity contribution in [1.82, 2.24) is 10.2 Å². The fourth-order valence-electron chi connectivity index (χ4n) is 3.73. The van der Waals surface area contributed by atoms with Crippen LogP contribution >= 0.6 is 24.8 Å². The molecule has 27 heavy (non-hydrogen) atoms. The average molecular weight is 433 g/mol. The molecule has 0 saturated carbocycles. The van der Waals surface area contributed by atoms with E-state index in [0.29, 0.717) is 18.8 Å². The number of aromatic hydroxyl groups is 1. The summed E-state index contributed by atoms with van der Waals surface area (Å²) in [5, 5.41) is 13.8. The van der Waals surface area contributed by atoms with Gasteiger partial charge in [-0.2, -0.15) is 0 Å². The molecular formula is C17H25Cl2F3N2O3. The van der Waals surface area contributed by atoms with Crippen LogP contribution in [-0.2, 0) is 4.74 Å². The summed E-state index contributed by atoms with van der Waals surface area (Å²) in [6.07, 6.45) is -3.20. The Morgan fingerprint density at radius 1 is 1.15 bits per heavy atom. The summed E-state index contributed by atoms with van der Waals surface area (Å²) in [5.41, 5.74) is 0.496. The molecule has 2 saturated heterocycles. The zero-order valence-electron chi connectivity index (χ0n) is 14.7. The second-order valence-electron chi connectivity index (χ2n) is 6.42. The molecule has 2 aliphatic rings. The molecule has 1 aromatic carbocycles. The lowest BCUT2D eigenvalue weighted by atomic mass is 9.85. The quantitative estimate of drug-likeness (QED) is 0.762. The molecule has 156 valence electrons. The lowest BCUT2D eigenvalue weighted by molar-refractivity contribution is -0.275. The first kappa shape index (κ1) is 24.1. The molecule has 2 N–H and O–H groups in total. The van der Waals surface area contributed by atoms with Gasteiger partial charge in [0.1, 0.15) is 0 Å². The van der Waals surface area contributed by atoms with Crippen LogP contribution in [0, 0.1) is 5.92 Å². The third-order valence-electron chi connectivity index (χ3n) is 4.83. The standard InChI is InChI=1S/C17H23F3N2O3.2ClH/c18-17(19,20)25-14-3-1-2-13(16(14)23)15(12-4-10-24-11-5-12)22-8-6-21-7-9-22;;/h1-3,12,15,21,23H,4-11H2;2*1H/t15-;;/m1../s1. The third-order valence-corrected chi connectivity index (χ3v) is 4.83. The summed E-state index contributed by atoms with van der Waals surface area (Å²) in [7, 11) is 0. The first-order valence-corrected chi connectivity index (χ1v) is 8.56. The molecule has 5 nitrogen and oxygen atoms in total. The van der Waals surface area contributed by atoms with Crippen LogP contribution in [0.3, 0.4) is 0 Å². The molecule has 0 amide bonds. The van der Waals surface area contributed by atoms with Crippen molar-refractivity contribution in [3.05, 3.63) is 23.8 Å². The Morgan fingerprint density at radius 2 is 1.78 bits per heavy atom. The average Bonchev–Trinajstić information content (AvgIpc) is 2.59. The molecule has 10 heteroatoms. The maximum absolute atomic E-state index is 12.6. The van der Waals surface area contributed by atoms with Crippen LogP contribution in [0.25, 0.3) is 0 Å². The number of rotatable bonds is 4. The van der Waals surface area contributed by atoms with Crippen molar-refractivity contribution in [2.75, 3.05) is 39.4 Å². The van der Waals surface area contributed by atoms with E-state index in [1.165, 1.54) is 6.07 Å². The van der Waals surface area contributed by atoms with Gasteiger partial charge in [-0.25, -0.2) is 0 Å². The summed E-state index contributed by atoms with van der Waals surface area (Å²) in [4.78, 5) is 2.24. The van der Waals surface area contributed by atoms with Crippen molar-refractivity contribution < 1.29 is 27.8 Å². The van der Waals surface area contributed by atoms with E-state index >= 15 is 0 Å². The van der Waals surface area contributed by atoms with Crippen LogP contribution < -0.4 is 10.1 Å². The van der Waals surface area contributed by atoms with Crippen LogP contribution in [0.15, 0.2) is 18.2 Å². The van der Waals surface area contributed by atoms with Gasteiger partial charge in [0.25, 0.3) is 0 Å². The minimum atomic E-state index is -4.83. The lowest BCUT2D eigenvalue weighted by Gasteiger charge is -2.41. The smallest absolute Gasteiger partial charge is 0.504 e. The number of phenols is 1. The number of nitrogens with one attached hydrogen (secondary N) is 1. The van der Waals surface area contributed by atoms with Crippen molar-refractivity contribution in [3.63, 3.8) is 0 Å². The molecule has 0 aromatic heterocycles. The van der Waals surface area contributed by atoms with Gasteiger partial charge in [0.15, 0.2) is 11.5 Å². The Hall–Kier alpha value is -0.930. The maximum Gasteiger partial charge on any atom is 0.573 e. The number of hydrogen-bond acceptors (Lipinski definition) is 5. The maximum atomic E-state index is 12.6. The Balaban J connectivity index is 0.00000182. The van der Waals surface area contributed by atoms with E-state index in [1.807, 2.05) is 0 Å². The molecular weight excluding hydrogens is 408 g/mol. The molecule has 3 rings (SSSR count). The van der Waals surface area contributed by atoms with E-state index < -0.39 is 17.9 Å². The number of phenolic OH excluding ortho intramolecular Hbond substituents is 1. The predicted octanol–water partition coefficient (Wildman–Crippen LogP) is 3.51. The second-order valence-corrected chi connectivity index (χ2v) is 6.42. The molecule has 1 atom stereocenters. The molecule has 2 aliphatic heterocycles. The van der Waals surface area contributed by atoms with Crippen LogP contribution in [0.4, 0.5) is 13.2 Å². The highest BCUT2D eigenvalue weighted by atomic mass is 35.5. The summed E-state index contributed by atoms with van der Waals surface area (Å²) in [5.74, 6) is -0.745.